The molecular formula is C17H16ClNO. The van der Waals surface area contributed by atoms with Crippen LogP contribution in [0.5, 0.6) is 0 Å². The van der Waals surface area contributed by atoms with Crippen LogP contribution >= 0.6 is 11.6 Å². The summed E-state index contributed by atoms with van der Waals surface area (Å²) in [5, 5.41) is 3.53. The molecular weight excluding hydrogens is 270 g/mol. The van der Waals surface area contributed by atoms with Gasteiger partial charge >= 0.3 is 0 Å². The first-order valence-corrected chi connectivity index (χ1v) is 7.13. The Kier molecular flexibility index (Phi) is 3.27. The first-order chi connectivity index (χ1) is 9.62. The summed E-state index contributed by atoms with van der Waals surface area (Å²) in [6.07, 6.45) is 1.79. The molecule has 1 aliphatic carbocycles. The molecule has 3 heteroatoms. The smallest absolute Gasteiger partial charge is 0.235 e. The number of aryl methyl sites for hydroxylation is 1. The van der Waals surface area contributed by atoms with Crippen LogP contribution in [0.25, 0.3) is 0 Å². The van der Waals surface area contributed by atoms with Crippen LogP contribution in [0.1, 0.15) is 24.0 Å². The highest BCUT2D eigenvalue weighted by atomic mass is 35.5. The van der Waals surface area contributed by atoms with E-state index in [9.17, 15) is 4.79 Å². The van der Waals surface area contributed by atoms with E-state index in [1.165, 1.54) is 5.56 Å². The Hall–Kier alpha value is -1.80. The summed E-state index contributed by atoms with van der Waals surface area (Å²) in [6.45, 7) is 2.05. The Morgan fingerprint density at radius 1 is 1.10 bits per heavy atom. The molecule has 2 aromatic carbocycles. The predicted molar refractivity (Wildman–Crippen MR) is 82.2 cm³/mol. The van der Waals surface area contributed by atoms with E-state index < -0.39 is 0 Å². The summed E-state index contributed by atoms with van der Waals surface area (Å²) >= 11 is 6.09. The van der Waals surface area contributed by atoms with E-state index in [2.05, 4.69) is 29.6 Å². The van der Waals surface area contributed by atoms with Crippen molar-refractivity contribution in [3.8, 4) is 0 Å². The third kappa shape index (κ3) is 2.32. The molecule has 1 N–H and O–H groups in total. The maximum absolute atomic E-state index is 12.6. The van der Waals surface area contributed by atoms with Gasteiger partial charge in [0.05, 0.1) is 16.1 Å². The van der Waals surface area contributed by atoms with Crippen LogP contribution in [-0.2, 0) is 10.2 Å². The lowest BCUT2D eigenvalue weighted by atomic mass is 9.94. The predicted octanol–water partition coefficient (Wildman–Crippen LogP) is 4.32. The number of hydrogen-bond donors (Lipinski definition) is 1. The van der Waals surface area contributed by atoms with E-state index in [1.807, 2.05) is 25.1 Å². The maximum atomic E-state index is 12.6. The van der Waals surface area contributed by atoms with Gasteiger partial charge in [0, 0.05) is 0 Å². The van der Waals surface area contributed by atoms with Gasteiger partial charge in [-0.1, -0.05) is 53.6 Å². The molecule has 0 aromatic heterocycles. The first-order valence-electron chi connectivity index (χ1n) is 6.75. The molecule has 0 saturated heterocycles. The Morgan fingerprint density at radius 3 is 2.35 bits per heavy atom. The van der Waals surface area contributed by atoms with Crippen LogP contribution in [0.3, 0.4) is 0 Å². The average Bonchev–Trinajstić information content (AvgIpc) is 3.24. The molecule has 2 aromatic rings. The van der Waals surface area contributed by atoms with Crippen LogP contribution in [0.2, 0.25) is 5.02 Å². The van der Waals surface area contributed by atoms with Gasteiger partial charge in [0.15, 0.2) is 0 Å². The van der Waals surface area contributed by atoms with Gasteiger partial charge in [-0.3, -0.25) is 4.79 Å². The number of nitrogens with one attached hydrogen (secondary N) is 1. The second-order valence-corrected chi connectivity index (χ2v) is 5.79. The zero-order chi connectivity index (χ0) is 14.2. The Balaban J connectivity index is 1.84. The third-order valence-corrected chi connectivity index (χ3v) is 4.24. The zero-order valence-corrected chi connectivity index (χ0v) is 12.1. The van der Waals surface area contributed by atoms with E-state index in [1.54, 1.807) is 6.07 Å². The molecule has 1 aliphatic rings. The van der Waals surface area contributed by atoms with Gasteiger partial charge in [0.25, 0.3) is 0 Å². The fourth-order valence-corrected chi connectivity index (χ4v) is 2.63. The van der Waals surface area contributed by atoms with E-state index >= 15 is 0 Å². The van der Waals surface area contributed by atoms with Gasteiger partial charge in [-0.15, -0.1) is 0 Å². The van der Waals surface area contributed by atoms with Crippen LogP contribution in [-0.4, -0.2) is 5.91 Å². The molecule has 3 rings (SSSR count). The second-order valence-electron chi connectivity index (χ2n) is 5.38. The normalized spacial score (nSPS) is 15.7. The Labute approximate surface area is 123 Å². The molecule has 0 unspecified atom stereocenters. The van der Waals surface area contributed by atoms with Crippen molar-refractivity contribution in [2.24, 2.45) is 0 Å². The second kappa shape index (κ2) is 4.95. The van der Waals surface area contributed by atoms with Crippen molar-refractivity contribution in [1.82, 2.24) is 0 Å². The van der Waals surface area contributed by atoms with Gasteiger partial charge in [-0.05, 0) is 37.5 Å². The monoisotopic (exact) mass is 285 g/mol. The summed E-state index contributed by atoms with van der Waals surface area (Å²) in [7, 11) is 0. The molecule has 0 bridgehead atoms. The van der Waals surface area contributed by atoms with Crippen LogP contribution in [0, 0.1) is 6.92 Å². The fraction of sp³-hybridized carbons (Fsp3) is 0.235. The number of carbonyl (C=O) groups excluding carboxylic acids is 1. The van der Waals surface area contributed by atoms with Crippen molar-refractivity contribution in [3.63, 3.8) is 0 Å². The SMILES string of the molecule is Cc1ccc(C2(C(=O)Nc3ccccc3Cl)CC2)cc1. The number of amides is 1. The zero-order valence-electron chi connectivity index (χ0n) is 11.3. The number of anilines is 1. The van der Waals surface area contributed by atoms with E-state index in [-0.39, 0.29) is 11.3 Å². The molecule has 0 heterocycles. The number of hydrogen-bond acceptors (Lipinski definition) is 1. The van der Waals surface area contributed by atoms with Crippen LogP contribution in [0.4, 0.5) is 5.69 Å². The molecule has 1 fully saturated rings. The van der Waals surface area contributed by atoms with Gasteiger partial charge in [0.2, 0.25) is 5.91 Å². The first kappa shape index (κ1) is 13.2. The van der Waals surface area contributed by atoms with Crippen molar-refractivity contribution < 1.29 is 4.79 Å². The molecule has 0 spiro atoms. The third-order valence-electron chi connectivity index (χ3n) is 3.91. The van der Waals surface area contributed by atoms with Gasteiger partial charge in [-0.25, -0.2) is 0 Å². The molecule has 1 saturated carbocycles. The lowest BCUT2D eigenvalue weighted by Crippen LogP contribution is -2.27. The van der Waals surface area contributed by atoms with E-state index in [0.29, 0.717) is 10.7 Å². The largest absolute Gasteiger partial charge is 0.324 e. The minimum atomic E-state index is -0.368. The standard InChI is InChI=1S/C17H16ClNO/c1-12-6-8-13(9-7-12)17(10-11-17)16(20)19-15-5-3-2-4-14(15)18/h2-9H,10-11H2,1H3,(H,19,20). The summed E-state index contributed by atoms with van der Waals surface area (Å²) in [6, 6.07) is 15.5. The fourth-order valence-electron chi connectivity index (χ4n) is 2.45. The van der Waals surface area contributed by atoms with Crippen molar-refractivity contribution in [1.29, 1.82) is 0 Å². The van der Waals surface area contributed by atoms with Gasteiger partial charge in [-0.2, -0.15) is 0 Å². The van der Waals surface area contributed by atoms with Crippen molar-refractivity contribution in [2.45, 2.75) is 25.2 Å². The molecule has 2 nitrogen and oxygen atoms in total. The molecule has 0 atom stereocenters. The van der Waals surface area contributed by atoms with E-state index in [4.69, 9.17) is 11.6 Å². The highest BCUT2D eigenvalue weighted by molar-refractivity contribution is 6.33. The lowest BCUT2D eigenvalue weighted by Gasteiger charge is -2.16. The van der Waals surface area contributed by atoms with Crippen LogP contribution < -0.4 is 5.32 Å². The summed E-state index contributed by atoms with van der Waals surface area (Å²) in [5.74, 6) is 0.0365. The summed E-state index contributed by atoms with van der Waals surface area (Å²) in [4.78, 5) is 12.6. The molecule has 0 aliphatic heterocycles. The number of para-hydroxylation sites is 1. The van der Waals surface area contributed by atoms with Crippen molar-refractivity contribution >= 4 is 23.2 Å². The number of carbonyl (C=O) groups is 1. The molecule has 0 radical (unpaired) electrons. The van der Waals surface area contributed by atoms with Crippen molar-refractivity contribution in [3.05, 3.63) is 64.7 Å². The Morgan fingerprint density at radius 2 is 1.75 bits per heavy atom. The average molecular weight is 286 g/mol. The molecule has 20 heavy (non-hydrogen) atoms. The number of benzene rings is 2. The summed E-state index contributed by atoms with van der Waals surface area (Å²) in [5.41, 5.74) is 2.61. The maximum Gasteiger partial charge on any atom is 0.235 e. The van der Waals surface area contributed by atoms with Crippen LogP contribution in [0.15, 0.2) is 48.5 Å². The topological polar surface area (TPSA) is 29.1 Å². The highest BCUT2D eigenvalue weighted by Crippen LogP contribution is 2.49. The minimum absolute atomic E-state index is 0.0365. The lowest BCUT2D eigenvalue weighted by molar-refractivity contribution is -0.118. The van der Waals surface area contributed by atoms with Crippen molar-refractivity contribution in [2.75, 3.05) is 5.32 Å². The molecule has 1 amide bonds. The van der Waals surface area contributed by atoms with Gasteiger partial charge < -0.3 is 5.32 Å². The van der Waals surface area contributed by atoms with Gasteiger partial charge in [0.1, 0.15) is 0 Å². The Bertz CT molecular complexity index is 644. The summed E-state index contributed by atoms with van der Waals surface area (Å²) < 4.78 is 0. The van der Waals surface area contributed by atoms with E-state index in [0.717, 1.165) is 18.4 Å². The highest BCUT2D eigenvalue weighted by Gasteiger charge is 2.51. The quantitative estimate of drug-likeness (QED) is 0.894. The number of halogens is 1. The number of rotatable bonds is 3. The molecule has 102 valence electrons. The minimum Gasteiger partial charge on any atom is -0.324 e.